The maximum Gasteiger partial charge on any atom is 0.358 e. The maximum atomic E-state index is 12.2. The van der Waals surface area contributed by atoms with E-state index in [1.54, 1.807) is 89.5 Å². The highest BCUT2D eigenvalue weighted by Crippen LogP contribution is 2.31. The Kier molecular flexibility index (Phi) is 47.1. The zero-order valence-electron chi connectivity index (χ0n) is 85.2. The third-order valence-electron chi connectivity index (χ3n) is 21.7. The van der Waals surface area contributed by atoms with Crippen molar-refractivity contribution in [2.45, 2.75) is 224 Å². The van der Waals surface area contributed by atoms with E-state index >= 15 is 0 Å². The second kappa shape index (κ2) is 60.5. The number of carbonyl (C=O) groups is 6. The Morgan fingerprint density at radius 3 is 0.986 bits per heavy atom. The van der Waals surface area contributed by atoms with Gasteiger partial charge in [0.2, 0.25) is 0 Å². The van der Waals surface area contributed by atoms with Crippen LogP contribution in [0.3, 0.4) is 0 Å². The first kappa shape index (κ1) is 111. The van der Waals surface area contributed by atoms with Crippen molar-refractivity contribution >= 4 is 35.8 Å². The largest absolute Gasteiger partial charge is 0.497 e. The molecule has 0 aliphatic rings. The van der Waals surface area contributed by atoms with Gasteiger partial charge in [0.25, 0.3) is 0 Å². The van der Waals surface area contributed by atoms with Gasteiger partial charge in [0, 0.05) is 57.9 Å². The molecule has 7 heterocycles. The van der Waals surface area contributed by atoms with Crippen LogP contribution in [0.25, 0.3) is 78.7 Å². The number of aromatic nitrogens is 7. The normalized spacial score (nSPS) is 10.8. The number of hydrogen-bond acceptors (Lipinski definition) is 21. The van der Waals surface area contributed by atoms with Gasteiger partial charge in [-0.2, -0.15) is 0 Å². The molecule has 21 nitrogen and oxygen atoms in total. The molecule has 14 aromatic rings. The van der Waals surface area contributed by atoms with Crippen molar-refractivity contribution in [1.29, 1.82) is 0 Å². The number of terminal acetylenes is 1. The molecule has 0 N–H and O–H groups in total. The van der Waals surface area contributed by atoms with Crippen LogP contribution in [0.15, 0.2) is 304 Å². The van der Waals surface area contributed by atoms with Gasteiger partial charge in [-0.25, -0.2) is 58.7 Å². The fourth-order valence-electron chi connectivity index (χ4n) is 14.4. The summed E-state index contributed by atoms with van der Waals surface area (Å²) in [6, 6.07) is 93.8. The number of hydrogen-bond donors (Lipinski definition) is 0. The number of esters is 6. The van der Waals surface area contributed by atoms with E-state index in [0.29, 0.717) is 40.8 Å². The Morgan fingerprint density at radius 1 is 0.287 bits per heavy atom. The molecule has 0 bridgehead atoms. The van der Waals surface area contributed by atoms with Crippen molar-refractivity contribution in [3.63, 3.8) is 0 Å². The minimum Gasteiger partial charge on any atom is -0.497 e. The first-order chi connectivity index (χ1) is 69.2. The number of aryl methyl sites for hydroxylation is 5. The molecule has 21 heteroatoms. The summed E-state index contributed by atoms with van der Waals surface area (Å²) in [6.45, 7) is 27.9. The molecule has 143 heavy (non-hydrogen) atoms. The highest BCUT2D eigenvalue weighted by Gasteiger charge is 2.21. The van der Waals surface area contributed by atoms with E-state index in [1.807, 2.05) is 193 Å². The van der Waals surface area contributed by atoms with Crippen LogP contribution < -0.4 is 9.47 Å². The average molecular weight is 1920 g/mol. The first-order valence-electron chi connectivity index (χ1n) is 49.5. The van der Waals surface area contributed by atoms with Gasteiger partial charge >= 0.3 is 35.8 Å². The summed E-state index contributed by atoms with van der Waals surface area (Å²) >= 11 is 0. The van der Waals surface area contributed by atoms with E-state index < -0.39 is 24.0 Å². The number of benzene rings is 7. The zero-order valence-corrected chi connectivity index (χ0v) is 85.2. The highest BCUT2D eigenvalue weighted by molar-refractivity contribution is 5.92. The molecule has 0 radical (unpaired) electrons. The van der Waals surface area contributed by atoms with Crippen LogP contribution in [-0.4, -0.2) is 122 Å². The zero-order chi connectivity index (χ0) is 103. The fourth-order valence-corrected chi connectivity index (χ4v) is 14.4. The smallest absolute Gasteiger partial charge is 0.358 e. The molecule has 14 rings (SSSR count). The van der Waals surface area contributed by atoms with Crippen molar-refractivity contribution in [1.82, 2.24) is 34.9 Å². The second-order valence-corrected chi connectivity index (χ2v) is 34.9. The van der Waals surface area contributed by atoms with E-state index in [4.69, 9.17) is 44.3 Å². The molecule has 0 saturated heterocycles. The van der Waals surface area contributed by atoms with E-state index in [-0.39, 0.29) is 53.7 Å². The van der Waals surface area contributed by atoms with Crippen LogP contribution in [0.1, 0.15) is 252 Å². The van der Waals surface area contributed by atoms with Gasteiger partial charge in [-0.3, -0.25) is 4.98 Å². The minimum atomic E-state index is -0.564. The number of unbranched alkanes of at least 4 members (excludes halogenated alkanes) is 6. The van der Waals surface area contributed by atoms with E-state index in [0.717, 1.165) is 137 Å². The maximum absolute atomic E-state index is 12.2. The molecule has 0 fully saturated rings. The molecule has 1 atom stereocenters. The fraction of sp³-hybridized carbons (Fsp3) is 0.303. The van der Waals surface area contributed by atoms with Crippen molar-refractivity contribution in [3.05, 3.63) is 366 Å². The summed E-state index contributed by atoms with van der Waals surface area (Å²) < 4.78 is 42.0. The second-order valence-electron chi connectivity index (χ2n) is 34.9. The van der Waals surface area contributed by atoms with Gasteiger partial charge in [0.15, 0.2) is 11.8 Å². The molecule has 7 aromatic carbocycles. The Balaban J connectivity index is 0.000000192. The van der Waals surface area contributed by atoms with Crippen LogP contribution in [0.2, 0.25) is 0 Å². The molecule has 7 aromatic heterocycles. The first-order valence-corrected chi connectivity index (χ1v) is 49.5. The lowest BCUT2D eigenvalue weighted by Gasteiger charge is -2.11. The third-order valence-corrected chi connectivity index (χ3v) is 21.7. The molecule has 742 valence electrons. The van der Waals surface area contributed by atoms with Gasteiger partial charge < -0.3 is 37.9 Å². The lowest BCUT2D eigenvalue weighted by molar-refractivity contribution is 0.0360. The van der Waals surface area contributed by atoms with Crippen LogP contribution in [0.5, 0.6) is 11.5 Å². The van der Waals surface area contributed by atoms with Crippen molar-refractivity contribution < 1.29 is 66.7 Å². The Bertz CT molecular complexity index is 6290. The van der Waals surface area contributed by atoms with Crippen LogP contribution in [0.4, 0.5) is 0 Å². The van der Waals surface area contributed by atoms with E-state index in [2.05, 4.69) is 166 Å². The molecule has 0 amide bonds. The quantitative estimate of drug-likeness (QED) is 0.0151. The number of nitrogens with zero attached hydrogens (tertiary/aromatic N) is 7. The predicted octanol–water partition coefficient (Wildman–Crippen LogP) is 28.0. The topological polar surface area (TPSA) is 266 Å². The Hall–Kier alpha value is -15.4. The molecule has 0 aliphatic heterocycles. The standard InChI is InChI=1S/C23H23NO2.C21H20N2O3.C21H27NO3.C21H27NO2.C19H19NO2.C17H19NO2/c1-17(2)26-23(25)22-10-6-9-21(24-22)20-15-13-19(14-16-20)12-11-18-7-4-3-5-8-18;1-14(2)26-21(24)20-12-18(25-3)11-19(23-20)16-8-6-15(7-9-16)17-5-4-10-22-13-17;1-4-5-6-7-15-24-18-13-11-17(12-14-18)19-9-8-10-20(22-19)21(23)25-16(2)3;1-4-5-6-7-9-17-12-14-18(15-13-17)19-10-8-11-20(22-19)21(23)24-16(2)3;1-4-7-15-10-12-16(13-11-15)17-8-6-9-18(20-17)19(21)22-14(3)5-2;1-3-6-13-9-11-14(12-10-13)15-7-5-8-16(18-15)17(19)20-4-2/h3-10,13-17H,11-12H2,1-2H3;4-14H,1-3H3;8-14,16H,4-7,15H2,1-3H3;8,10-16H,4-7,9H2,1-3H3;2,6,8-14H,4,7H2,1,3H3;5,7-12H,3-4,6H2,1-2H3. The summed E-state index contributed by atoms with van der Waals surface area (Å²) in [5.41, 5.74) is 20.9. The summed E-state index contributed by atoms with van der Waals surface area (Å²) in [7, 11) is 1.56. The monoisotopic (exact) mass is 1920 g/mol. The van der Waals surface area contributed by atoms with Gasteiger partial charge in [-0.15, -0.1) is 6.42 Å². The third kappa shape index (κ3) is 38.6. The van der Waals surface area contributed by atoms with E-state index in [1.165, 1.54) is 72.8 Å². The molecule has 0 aliphatic carbocycles. The molecule has 0 saturated carbocycles. The molecule has 1 unspecified atom stereocenters. The number of ether oxygens (including phenoxy) is 8. The van der Waals surface area contributed by atoms with Crippen molar-refractivity contribution in [3.8, 4) is 103 Å². The van der Waals surface area contributed by atoms with Gasteiger partial charge in [-0.1, -0.05) is 273 Å². The summed E-state index contributed by atoms with van der Waals surface area (Å²) in [6.07, 6.45) is 24.9. The highest BCUT2D eigenvalue weighted by atomic mass is 16.6. The van der Waals surface area contributed by atoms with Crippen LogP contribution in [-0.2, 0) is 60.5 Å². The van der Waals surface area contributed by atoms with Crippen LogP contribution >= 0.6 is 0 Å². The summed E-state index contributed by atoms with van der Waals surface area (Å²) in [4.78, 5) is 102. The summed E-state index contributed by atoms with van der Waals surface area (Å²) in [5.74, 6) is 1.26. The number of carbonyl (C=O) groups excluding carboxylic acids is 6. The van der Waals surface area contributed by atoms with Crippen molar-refractivity contribution in [2.24, 2.45) is 0 Å². The van der Waals surface area contributed by atoms with Gasteiger partial charge in [0.1, 0.15) is 40.0 Å². The van der Waals surface area contributed by atoms with Gasteiger partial charge in [-0.05, 0) is 244 Å². The predicted molar refractivity (Wildman–Crippen MR) is 569 cm³/mol. The molecular formula is C122H135N7O14. The van der Waals surface area contributed by atoms with E-state index in [9.17, 15) is 28.8 Å². The molecular weight excluding hydrogens is 1790 g/mol. The number of rotatable bonds is 38. The Labute approximate surface area is 844 Å². The summed E-state index contributed by atoms with van der Waals surface area (Å²) in [5, 5.41) is 0. The van der Waals surface area contributed by atoms with Gasteiger partial charge in [0.05, 0.1) is 78.9 Å². The average Bonchev–Trinajstić information content (AvgIpc) is 0.815. The lowest BCUT2D eigenvalue weighted by Crippen LogP contribution is -2.14. The number of pyridine rings is 7. The van der Waals surface area contributed by atoms with Crippen molar-refractivity contribution in [2.75, 3.05) is 20.3 Å². The lowest BCUT2D eigenvalue weighted by atomic mass is 10.0. The minimum absolute atomic E-state index is 0.144. The number of methoxy groups -OCH3 is 1. The Morgan fingerprint density at radius 2 is 0.622 bits per heavy atom. The van der Waals surface area contributed by atoms with Crippen LogP contribution in [0, 0.1) is 12.3 Å². The molecule has 0 spiro atoms. The SMILES string of the molecule is C#CC(C)OC(=O)c1cccc(-c2ccc(CCC)cc2)n1.CC(C)OC(=O)c1cccc(-c2ccc(CCc3ccccc3)cc2)n1.CCCCCCOc1ccc(-c2cccc(C(=O)OC(C)C)n2)cc1.CCCCCCc1ccc(-c2cccc(C(=O)OC(C)C)n2)cc1.CCCc1ccc(-c2cccc(C(=O)OCC)n2)cc1.COc1cc(C(=O)OC(C)C)nc(-c2ccc(-c3cccnc3)cc2)c1.